The molecule has 1 aliphatic rings. The zero-order valence-electron chi connectivity index (χ0n) is 15.4. The van der Waals surface area contributed by atoms with Crippen LogP contribution in [0.2, 0.25) is 0 Å². The molecule has 1 aromatic rings. The van der Waals surface area contributed by atoms with E-state index in [4.69, 9.17) is 10.5 Å². The number of hydrogen-bond acceptors (Lipinski definition) is 4. The molecule has 1 heterocycles. The lowest BCUT2D eigenvalue weighted by Gasteiger charge is -2.34. The molecule has 0 aromatic heterocycles. The maximum atomic E-state index is 10.9. The summed E-state index contributed by atoms with van der Waals surface area (Å²) in [6.07, 6.45) is 2.43. The van der Waals surface area contributed by atoms with Crippen LogP contribution >= 0.6 is 0 Å². The summed E-state index contributed by atoms with van der Waals surface area (Å²) in [4.78, 5) is 15.7. The van der Waals surface area contributed by atoms with Crippen LogP contribution in [0.5, 0.6) is 0 Å². The molecule has 24 heavy (non-hydrogen) atoms. The lowest BCUT2D eigenvalue weighted by Crippen LogP contribution is -2.37. The number of benzene rings is 1. The van der Waals surface area contributed by atoms with Gasteiger partial charge in [-0.15, -0.1) is 0 Å². The predicted molar refractivity (Wildman–Crippen MR) is 98.4 cm³/mol. The normalized spacial score (nSPS) is 16.5. The second-order valence-corrected chi connectivity index (χ2v) is 7.72. The van der Waals surface area contributed by atoms with Gasteiger partial charge < -0.3 is 20.3 Å². The molecule has 0 bridgehead atoms. The monoisotopic (exact) mass is 333 g/mol. The Morgan fingerprint density at radius 2 is 1.83 bits per heavy atom. The molecule has 0 unspecified atom stereocenters. The van der Waals surface area contributed by atoms with Crippen LogP contribution in [0.1, 0.15) is 32.3 Å². The summed E-state index contributed by atoms with van der Waals surface area (Å²) in [6, 6.07) is 8.57. The number of carbonyl (C=O) groups is 1. The van der Waals surface area contributed by atoms with Crippen LogP contribution in [0.3, 0.4) is 0 Å². The fraction of sp³-hybridized carbons (Fsp3) is 0.632. The second-order valence-electron chi connectivity index (χ2n) is 7.72. The molecule has 134 valence electrons. The first-order chi connectivity index (χ1) is 11.2. The van der Waals surface area contributed by atoms with Gasteiger partial charge in [0.15, 0.2) is 0 Å². The Morgan fingerprint density at radius 3 is 2.33 bits per heavy atom. The molecule has 0 atom stereocenters. The Balaban J connectivity index is 1.90. The highest BCUT2D eigenvalue weighted by atomic mass is 16.6. The molecular weight excluding hydrogens is 302 g/mol. The third-order valence-corrected chi connectivity index (χ3v) is 4.55. The number of nitrogens with two attached hydrogens (primary N) is 1. The molecule has 5 heteroatoms. The molecule has 0 aliphatic carbocycles. The topological polar surface area (TPSA) is 58.8 Å². The van der Waals surface area contributed by atoms with Gasteiger partial charge in [-0.1, -0.05) is 12.1 Å². The molecule has 1 amide bonds. The maximum absolute atomic E-state index is 10.9. The van der Waals surface area contributed by atoms with E-state index in [-0.39, 0.29) is 0 Å². The fourth-order valence-corrected chi connectivity index (χ4v) is 3.51. The molecule has 5 nitrogen and oxygen atoms in total. The summed E-state index contributed by atoms with van der Waals surface area (Å²) in [5.41, 5.74) is 6.96. The number of rotatable bonds is 6. The molecule has 1 fully saturated rings. The van der Waals surface area contributed by atoms with Gasteiger partial charge in [-0.3, -0.25) is 0 Å². The second kappa shape index (κ2) is 7.88. The van der Waals surface area contributed by atoms with Gasteiger partial charge in [0.25, 0.3) is 0 Å². The lowest BCUT2D eigenvalue weighted by atomic mass is 9.95. The van der Waals surface area contributed by atoms with Gasteiger partial charge in [0.2, 0.25) is 0 Å². The highest BCUT2D eigenvalue weighted by molar-refractivity contribution is 5.65. The van der Waals surface area contributed by atoms with Crippen LogP contribution < -0.4 is 10.6 Å². The summed E-state index contributed by atoms with van der Waals surface area (Å²) in [6.45, 7) is 7.17. The number of hydrogen-bond donors (Lipinski definition) is 1. The van der Waals surface area contributed by atoms with E-state index in [0.29, 0.717) is 6.42 Å². The van der Waals surface area contributed by atoms with Crippen molar-refractivity contribution in [2.75, 3.05) is 38.6 Å². The SMILES string of the molecule is CN(C)CC1CCN(c2ccc(CC(C)(C)OC(N)=O)cc2)CC1. The summed E-state index contributed by atoms with van der Waals surface area (Å²) < 4.78 is 5.16. The maximum Gasteiger partial charge on any atom is 0.405 e. The standard InChI is InChI=1S/C19H31N3O2/c1-19(2,24-18(20)23)13-15-5-7-17(8-6-15)22-11-9-16(10-12-22)14-21(3)4/h5-8,16H,9-14H2,1-4H3,(H2,20,23). The summed E-state index contributed by atoms with van der Waals surface area (Å²) >= 11 is 0. The molecule has 0 radical (unpaired) electrons. The summed E-state index contributed by atoms with van der Waals surface area (Å²) in [7, 11) is 4.29. The fourth-order valence-electron chi connectivity index (χ4n) is 3.51. The minimum absolute atomic E-state index is 0.585. The van der Waals surface area contributed by atoms with Crippen LogP contribution in [0.15, 0.2) is 24.3 Å². The largest absolute Gasteiger partial charge is 0.443 e. The van der Waals surface area contributed by atoms with Crippen molar-refractivity contribution in [1.29, 1.82) is 0 Å². The van der Waals surface area contributed by atoms with Crippen molar-refractivity contribution in [3.63, 3.8) is 0 Å². The quantitative estimate of drug-likeness (QED) is 0.870. The molecular formula is C19H31N3O2. The first-order valence-corrected chi connectivity index (χ1v) is 8.72. The first kappa shape index (κ1) is 18.6. The zero-order valence-corrected chi connectivity index (χ0v) is 15.4. The first-order valence-electron chi connectivity index (χ1n) is 8.72. The van der Waals surface area contributed by atoms with Crippen LogP contribution in [-0.2, 0) is 11.2 Å². The van der Waals surface area contributed by atoms with Crippen molar-refractivity contribution in [1.82, 2.24) is 4.90 Å². The minimum Gasteiger partial charge on any atom is -0.443 e. The van der Waals surface area contributed by atoms with E-state index in [9.17, 15) is 4.79 Å². The van der Waals surface area contributed by atoms with Crippen molar-refractivity contribution in [3.05, 3.63) is 29.8 Å². The van der Waals surface area contributed by atoms with Gasteiger partial charge in [0.1, 0.15) is 5.60 Å². The Kier molecular flexibility index (Phi) is 6.10. The number of ether oxygens (including phenoxy) is 1. The van der Waals surface area contributed by atoms with Gasteiger partial charge in [0, 0.05) is 31.7 Å². The Bertz CT molecular complexity index is 532. The number of nitrogens with zero attached hydrogens (tertiary/aromatic N) is 2. The highest BCUT2D eigenvalue weighted by Crippen LogP contribution is 2.25. The van der Waals surface area contributed by atoms with E-state index in [2.05, 4.69) is 48.2 Å². The molecule has 2 N–H and O–H groups in total. The molecule has 1 saturated heterocycles. The van der Waals surface area contributed by atoms with E-state index >= 15 is 0 Å². The number of primary amides is 1. The zero-order chi connectivity index (χ0) is 17.7. The molecule has 0 saturated carbocycles. The van der Waals surface area contributed by atoms with Crippen LogP contribution in [-0.4, -0.2) is 50.3 Å². The van der Waals surface area contributed by atoms with Gasteiger partial charge in [0.05, 0.1) is 0 Å². The van der Waals surface area contributed by atoms with E-state index in [0.717, 1.165) is 24.6 Å². The van der Waals surface area contributed by atoms with Crippen molar-refractivity contribution in [3.8, 4) is 0 Å². The number of anilines is 1. The van der Waals surface area contributed by atoms with Crippen molar-refractivity contribution in [2.45, 2.75) is 38.7 Å². The molecule has 0 spiro atoms. The number of amides is 1. The molecule has 2 rings (SSSR count). The van der Waals surface area contributed by atoms with E-state index < -0.39 is 11.7 Å². The van der Waals surface area contributed by atoms with E-state index in [1.54, 1.807) is 0 Å². The Hall–Kier alpha value is -1.75. The van der Waals surface area contributed by atoms with Gasteiger partial charge in [-0.2, -0.15) is 0 Å². The van der Waals surface area contributed by atoms with Gasteiger partial charge in [-0.25, -0.2) is 4.79 Å². The summed E-state index contributed by atoms with van der Waals surface area (Å²) in [5.74, 6) is 0.808. The van der Waals surface area contributed by atoms with Crippen LogP contribution in [0.25, 0.3) is 0 Å². The Morgan fingerprint density at radius 1 is 1.25 bits per heavy atom. The Labute approximate surface area is 145 Å². The van der Waals surface area contributed by atoms with Gasteiger partial charge >= 0.3 is 6.09 Å². The lowest BCUT2D eigenvalue weighted by molar-refractivity contribution is 0.0460. The average molecular weight is 333 g/mol. The van der Waals surface area contributed by atoms with Crippen LogP contribution in [0, 0.1) is 5.92 Å². The van der Waals surface area contributed by atoms with Crippen molar-refractivity contribution < 1.29 is 9.53 Å². The number of carbonyl (C=O) groups excluding carboxylic acids is 1. The van der Waals surface area contributed by atoms with Crippen LogP contribution in [0.4, 0.5) is 10.5 Å². The van der Waals surface area contributed by atoms with Gasteiger partial charge in [-0.05, 0) is 64.4 Å². The van der Waals surface area contributed by atoms with Crippen molar-refractivity contribution >= 4 is 11.8 Å². The molecule has 1 aliphatic heterocycles. The minimum atomic E-state index is -0.725. The van der Waals surface area contributed by atoms with Crippen molar-refractivity contribution in [2.24, 2.45) is 11.7 Å². The molecule has 1 aromatic carbocycles. The van der Waals surface area contributed by atoms with E-state index in [1.807, 2.05) is 13.8 Å². The predicted octanol–water partition coefficient (Wildman–Crippen LogP) is 2.88. The number of piperidine rings is 1. The van der Waals surface area contributed by atoms with E-state index in [1.165, 1.54) is 25.1 Å². The third kappa shape index (κ3) is 5.71. The third-order valence-electron chi connectivity index (χ3n) is 4.55. The smallest absolute Gasteiger partial charge is 0.405 e. The summed E-state index contributed by atoms with van der Waals surface area (Å²) in [5, 5.41) is 0. The average Bonchev–Trinajstić information content (AvgIpc) is 2.46. The highest BCUT2D eigenvalue weighted by Gasteiger charge is 2.23.